The van der Waals surface area contributed by atoms with Crippen LogP contribution in [0, 0.1) is 0 Å². The fourth-order valence-corrected chi connectivity index (χ4v) is 3.84. The number of aromatic amines is 1. The van der Waals surface area contributed by atoms with Crippen LogP contribution in [-0.4, -0.2) is 62.7 Å². The molecule has 10 nitrogen and oxygen atoms in total. The first-order chi connectivity index (χ1) is 15.5. The summed E-state index contributed by atoms with van der Waals surface area (Å²) in [5, 5.41) is 0. The molecule has 0 aliphatic carbocycles. The molecule has 1 fully saturated rings. The number of fused-ring (bicyclic) bond motifs is 1. The largest absolute Gasteiger partial charge is 0.460 e. The number of anilines is 1. The molecule has 0 unspecified atom stereocenters. The van der Waals surface area contributed by atoms with Gasteiger partial charge >= 0.3 is 11.7 Å². The van der Waals surface area contributed by atoms with Crippen LogP contribution in [-0.2, 0) is 29.7 Å². The van der Waals surface area contributed by atoms with E-state index in [9.17, 15) is 14.4 Å². The normalized spacial score (nSPS) is 14.6. The summed E-state index contributed by atoms with van der Waals surface area (Å²) in [6.07, 6.45) is 1.69. The number of carbonyl (C=O) groups excluding carboxylic acids is 1. The van der Waals surface area contributed by atoms with Gasteiger partial charge in [0.15, 0.2) is 11.2 Å². The third-order valence-corrected chi connectivity index (χ3v) is 5.55. The Bertz CT molecular complexity index is 1240. The van der Waals surface area contributed by atoms with Crippen molar-refractivity contribution in [2.24, 2.45) is 7.05 Å². The number of ether oxygens (including phenoxy) is 1. The van der Waals surface area contributed by atoms with Gasteiger partial charge in [-0.2, -0.15) is 4.98 Å². The number of hydrogen-bond acceptors (Lipinski definition) is 7. The standard InChI is InChI=1S/C22H26N6O4/c1-3-9-28-18-19(25(2)22(31)24-20(18)30)23-21(28)27-12-10-26(11-13-27)14-17(29)32-15-16-7-5-4-6-8-16/h3-8H,1,9-15H2,2H3,(H,24,30,31). The van der Waals surface area contributed by atoms with Crippen molar-refractivity contribution < 1.29 is 9.53 Å². The summed E-state index contributed by atoms with van der Waals surface area (Å²) in [6.45, 7) is 7.18. The molecule has 168 valence electrons. The topological polar surface area (TPSA) is 105 Å². The number of piperazine rings is 1. The molecule has 0 saturated carbocycles. The maximum Gasteiger partial charge on any atom is 0.329 e. The zero-order chi connectivity index (χ0) is 22.7. The van der Waals surface area contributed by atoms with Crippen molar-refractivity contribution >= 4 is 23.1 Å². The number of carbonyl (C=O) groups is 1. The lowest BCUT2D eigenvalue weighted by Gasteiger charge is -2.34. The Hall–Kier alpha value is -3.66. The molecule has 3 heterocycles. The van der Waals surface area contributed by atoms with Crippen LogP contribution in [0.25, 0.3) is 11.2 Å². The molecule has 32 heavy (non-hydrogen) atoms. The lowest BCUT2D eigenvalue weighted by Crippen LogP contribution is -2.49. The maximum atomic E-state index is 12.4. The van der Waals surface area contributed by atoms with E-state index >= 15 is 0 Å². The van der Waals surface area contributed by atoms with Crippen molar-refractivity contribution in [3.05, 3.63) is 69.4 Å². The minimum atomic E-state index is -0.504. The number of aromatic nitrogens is 4. The third kappa shape index (κ3) is 4.35. The summed E-state index contributed by atoms with van der Waals surface area (Å²) in [5.41, 5.74) is 0.659. The Balaban J connectivity index is 1.43. The molecule has 0 amide bonds. The van der Waals surface area contributed by atoms with Gasteiger partial charge < -0.3 is 14.2 Å². The van der Waals surface area contributed by atoms with E-state index in [1.165, 1.54) is 4.57 Å². The molecule has 1 aromatic carbocycles. The monoisotopic (exact) mass is 438 g/mol. The van der Waals surface area contributed by atoms with Gasteiger partial charge in [0.1, 0.15) is 6.61 Å². The van der Waals surface area contributed by atoms with E-state index in [0.717, 1.165) is 5.56 Å². The highest BCUT2D eigenvalue weighted by Gasteiger charge is 2.25. The van der Waals surface area contributed by atoms with Crippen molar-refractivity contribution in [3.63, 3.8) is 0 Å². The first-order valence-corrected chi connectivity index (χ1v) is 10.4. The average molecular weight is 438 g/mol. The Kier molecular flexibility index (Phi) is 6.22. The molecule has 10 heteroatoms. The second-order valence-electron chi connectivity index (χ2n) is 7.71. The molecule has 3 aromatic rings. The molecular weight excluding hydrogens is 412 g/mol. The predicted octanol–water partition coefficient (Wildman–Crippen LogP) is 0.475. The first-order valence-electron chi connectivity index (χ1n) is 10.4. The van der Waals surface area contributed by atoms with E-state index < -0.39 is 11.2 Å². The Labute approximate surface area is 184 Å². The van der Waals surface area contributed by atoms with Crippen LogP contribution in [0.5, 0.6) is 0 Å². The molecule has 4 rings (SSSR count). The highest BCUT2D eigenvalue weighted by atomic mass is 16.5. The van der Waals surface area contributed by atoms with Gasteiger partial charge in [0.2, 0.25) is 5.95 Å². The number of nitrogens with zero attached hydrogens (tertiary/aromatic N) is 5. The van der Waals surface area contributed by atoms with Crippen LogP contribution >= 0.6 is 0 Å². The second kappa shape index (κ2) is 9.23. The number of esters is 1. The number of H-pyrrole nitrogens is 1. The molecule has 1 aliphatic heterocycles. The SMILES string of the molecule is C=CCn1c(N2CCN(CC(=O)OCc3ccccc3)CC2)nc2c1c(=O)[nH]c(=O)n2C. The predicted molar refractivity (Wildman–Crippen MR) is 121 cm³/mol. The number of rotatable bonds is 7. The number of imidazole rings is 1. The molecule has 0 atom stereocenters. The average Bonchev–Trinajstić information content (AvgIpc) is 3.18. The summed E-state index contributed by atoms with van der Waals surface area (Å²) in [5.74, 6) is 0.348. The highest BCUT2D eigenvalue weighted by molar-refractivity contribution is 5.74. The van der Waals surface area contributed by atoms with Crippen molar-refractivity contribution in [1.29, 1.82) is 0 Å². The van der Waals surface area contributed by atoms with Gasteiger partial charge in [0.25, 0.3) is 5.56 Å². The van der Waals surface area contributed by atoms with Gasteiger partial charge in [0.05, 0.1) is 6.54 Å². The van der Waals surface area contributed by atoms with E-state index in [4.69, 9.17) is 4.74 Å². The fourth-order valence-electron chi connectivity index (χ4n) is 3.84. The van der Waals surface area contributed by atoms with Crippen LogP contribution in [0.1, 0.15) is 5.56 Å². The number of aryl methyl sites for hydroxylation is 1. The van der Waals surface area contributed by atoms with Crippen molar-refractivity contribution in [2.45, 2.75) is 13.2 Å². The minimum Gasteiger partial charge on any atom is -0.460 e. The molecule has 0 spiro atoms. The molecule has 0 bridgehead atoms. The first kappa shape index (κ1) is 21.6. The summed E-state index contributed by atoms with van der Waals surface area (Å²) < 4.78 is 8.48. The molecule has 1 aliphatic rings. The van der Waals surface area contributed by atoms with E-state index in [2.05, 4.69) is 21.4 Å². The van der Waals surface area contributed by atoms with Crippen molar-refractivity contribution in [1.82, 2.24) is 24.0 Å². The molecule has 0 radical (unpaired) electrons. The van der Waals surface area contributed by atoms with E-state index in [1.807, 2.05) is 35.2 Å². The van der Waals surface area contributed by atoms with Gasteiger partial charge in [0, 0.05) is 39.8 Å². The van der Waals surface area contributed by atoms with E-state index in [0.29, 0.717) is 49.8 Å². The Morgan fingerprint density at radius 1 is 1.19 bits per heavy atom. The Morgan fingerprint density at radius 3 is 2.59 bits per heavy atom. The van der Waals surface area contributed by atoms with E-state index in [-0.39, 0.29) is 19.1 Å². The molecular formula is C22H26N6O4. The lowest BCUT2D eigenvalue weighted by atomic mass is 10.2. The van der Waals surface area contributed by atoms with Gasteiger partial charge in [-0.15, -0.1) is 6.58 Å². The summed E-state index contributed by atoms with van der Waals surface area (Å²) in [4.78, 5) is 47.7. The second-order valence-corrected chi connectivity index (χ2v) is 7.71. The third-order valence-electron chi connectivity index (χ3n) is 5.55. The summed E-state index contributed by atoms with van der Waals surface area (Å²) >= 11 is 0. The maximum absolute atomic E-state index is 12.4. The summed E-state index contributed by atoms with van der Waals surface area (Å²) in [6, 6.07) is 9.58. The van der Waals surface area contributed by atoms with Crippen LogP contribution in [0.3, 0.4) is 0 Å². The van der Waals surface area contributed by atoms with Gasteiger partial charge in [-0.05, 0) is 5.56 Å². The van der Waals surface area contributed by atoms with E-state index in [1.54, 1.807) is 17.7 Å². The Morgan fingerprint density at radius 2 is 1.91 bits per heavy atom. The number of benzene rings is 1. The minimum absolute atomic E-state index is 0.220. The van der Waals surface area contributed by atoms with Gasteiger partial charge in [-0.3, -0.25) is 24.0 Å². The van der Waals surface area contributed by atoms with Gasteiger partial charge in [-0.25, -0.2) is 4.79 Å². The van der Waals surface area contributed by atoms with Crippen LogP contribution < -0.4 is 16.1 Å². The van der Waals surface area contributed by atoms with Crippen LogP contribution in [0.2, 0.25) is 0 Å². The zero-order valence-electron chi connectivity index (χ0n) is 18.0. The molecule has 1 saturated heterocycles. The summed E-state index contributed by atoms with van der Waals surface area (Å²) in [7, 11) is 1.58. The quantitative estimate of drug-likeness (QED) is 0.422. The van der Waals surface area contributed by atoms with Crippen LogP contribution in [0.4, 0.5) is 5.95 Å². The lowest BCUT2D eigenvalue weighted by molar-refractivity contribution is -0.146. The molecule has 1 N–H and O–H groups in total. The number of nitrogens with one attached hydrogen (secondary N) is 1. The highest BCUT2D eigenvalue weighted by Crippen LogP contribution is 2.21. The number of allylic oxidation sites excluding steroid dienone is 1. The fraction of sp³-hybridized carbons (Fsp3) is 0.364. The smallest absolute Gasteiger partial charge is 0.329 e. The molecule has 2 aromatic heterocycles. The van der Waals surface area contributed by atoms with Crippen molar-refractivity contribution in [3.8, 4) is 0 Å². The zero-order valence-corrected chi connectivity index (χ0v) is 18.0. The number of hydrogen-bond donors (Lipinski definition) is 1. The van der Waals surface area contributed by atoms with Crippen molar-refractivity contribution in [2.75, 3.05) is 37.6 Å². The van der Waals surface area contributed by atoms with Crippen LogP contribution in [0.15, 0.2) is 52.6 Å². The van der Waals surface area contributed by atoms with Gasteiger partial charge in [-0.1, -0.05) is 36.4 Å².